The van der Waals surface area contributed by atoms with Gasteiger partial charge in [0.05, 0.1) is 0 Å². The van der Waals surface area contributed by atoms with Crippen LogP contribution in [0.3, 0.4) is 0 Å². The molecule has 0 amide bonds. The van der Waals surface area contributed by atoms with E-state index in [9.17, 15) is 9.59 Å². The van der Waals surface area contributed by atoms with Crippen LogP contribution in [0.5, 0.6) is 0 Å². The van der Waals surface area contributed by atoms with Crippen LogP contribution in [0.25, 0.3) is 0 Å². The van der Waals surface area contributed by atoms with Crippen LogP contribution in [-0.4, -0.2) is 23.1 Å². The third-order valence-electron chi connectivity index (χ3n) is 3.98. The maximum absolute atomic E-state index is 11.8. The number of carbonyl (C=O) groups is 2. The number of hydrogen-bond acceptors (Lipinski definition) is 4. The second kappa shape index (κ2) is 7.97. The summed E-state index contributed by atoms with van der Waals surface area (Å²) in [7, 11) is 0. The standard InChI is InChI=1S/C18H28O4/c1-9-13(3)17(5,6)21-15(19)11-12-16(20)22-18(7,8)14(4)10-2/h9-14H,1-2H2,3-8H3/b12-11+. The predicted octanol–water partition coefficient (Wildman–Crippen LogP) is 3.83. The van der Waals surface area contributed by atoms with Gasteiger partial charge in [-0.05, 0) is 27.7 Å². The Bertz CT molecular complexity index is 416. The van der Waals surface area contributed by atoms with Crippen molar-refractivity contribution in [2.75, 3.05) is 0 Å². The van der Waals surface area contributed by atoms with E-state index in [4.69, 9.17) is 9.47 Å². The summed E-state index contributed by atoms with van der Waals surface area (Å²) in [5.74, 6) is -1.20. The van der Waals surface area contributed by atoms with E-state index in [0.717, 1.165) is 12.2 Å². The SMILES string of the molecule is C=CC(C)C(C)(C)OC(=O)/C=C/C(=O)OC(C)(C)C(C)C=C. The zero-order valence-electron chi connectivity index (χ0n) is 14.5. The lowest BCUT2D eigenvalue weighted by atomic mass is 9.93. The molecule has 0 fully saturated rings. The molecular weight excluding hydrogens is 280 g/mol. The van der Waals surface area contributed by atoms with Gasteiger partial charge in [-0.1, -0.05) is 26.0 Å². The predicted molar refractivity (Wildman–Crippen MR) is 88.2 cm³/mol. The van der Waals surface area contributed by atoms with Crippen molar-refractivity contribution in [3.63, 3.8) is 0 Å². The molecule has 0 aliphatic carbocycles. The van der Waals surface area contributed by atoms with Crippen LogP contribution in [0.2, 0.25) is 0 Å². The van der Waals surface area contributed by atoms with Gasteiger partial charge in [0.2, 0.25) is 0 Å². The lowest BCUT2D eigenvalue weighted by molar-refractivity contribution is -0.156. The van der Waals surface area contributed by atoms with Gasteiger partial charge in [-0.3, -0.25) is 0 Å². The summed E-state index contributed by atoms with van der Waals surface area (Å²) < 4.78 is 10.6. The first-order chi connectivity index (χ1) is 9.96. The number of hydrogen-bond donors (Lipinski definition) is 0. The maximum atomic E-state index is 11.8. The Morgan fingerprint density at radius 3 is 1.32 bits per heavy atom. The van der Waals surface area contributed by atoms with Gasteiger partial charge in [0.15, 0.2) is 0 Å². The first-order valence-corrected chi connectivity index (χ1v) is 7.35. The third kappa shape index (κ3) is 6.29. The van der Waals surface area contributed by atoms with Gasteiger partial charge in [0.1, 0.15) is 11.2 Å². The molecule has 0 aliphatic rings. The minimum absolute atomic E-state index is 0.0100. The fraction of sp³-hybridized carbons (Fsp3) is 0.556. The van der Waals surface area contributed by atoms with E-state index < -0.39 is 23.1 Å². The summed E-state index contributed by atoms with van der Waals surface area (Å²) in [6.45, 7) is 18.3. The number of esters is 2. The number of ether oxygens (including phenoxy) is 2. The van der Waals surface area contributed by atoms with E-state index in [1.807, 2.05) is 13.8 Å². The van der Waals surface area contributed by atoms with Crippen molar-refractivity contribution in [3.05, 3.63) is 37.5 Å². The molecule has 0 aromatic heterocycles. The Morgan fingerprint density at radius 2 is 1.09 bits per heavy atom. The Hall–Kier alpha value is -1.84. The largest absolute Gasteiger partial charge is 0.456 e. The monoisotopic (exact) mass is 308 g/mol. The van der Waals surface area contributed by atoms with Gasteiger partial charge in [-0.2, -0.15) is 0 Å². The Kier molecular flexibility index (Phi) is 7.30. The minimum atomic E-state index is -0.691. The summed E-state index contributed by atoms with van der Waals surface area (Å²) in [5.41, 5.74) is -1.38. The van der Waals surface area contributed by atoms with Crippen molar-refractivity contribution in [3.8, 4) is 0 Å². The Labute approximate surface area is 133 Å². The molecule has 0 aromatic carbocycles. The van der Waals surface area contributed by atoms with Crippen molar-refractivity contribution in [1.29, 1.82) is 0 Å². The highest BCUT2D eigenvalue weighted by Gasteiger charge is 2.28. The van der Waals surface area contributed by atoms with Gasteiger partial charge in [-0.25, -0.2) is 9.59 Å². The van der Waals surface area contributed by atoms with E-state index in [2.05, 4.69) is 13.2 Å². The molecule has 2 atom stereocenters. The molecular formula is C18H28O4. The highest BCUT2D eigenvalue weighted by molar-refractivity contribution is 5.92. The molecule has 0 heterocycles. The van der Waals surface area contributed by atoms with E-state index >= 15 is 0 Å². The van der Waals surface area contributed by atoms with Crippen molar-refractivity contribution in [2.24, 2.45) is 11.8 Å². The van der Waals surface area contributed by atoms with E-state index in [0.29, 0.717) is 0 Å². The highest BCUT2D eigenvalue weighted by atomic mass is 16.6. The van der Waals surface area contributed by atoms with Crippen LogP contribution in [0.1, 0.15) is 41.5 Å². The molecule has 4 heteroatoms. The summed E-state index contributed by atoms with van der Waals surface area (Å²) in [6.07, 6.45) is 5.58. The molecule has 0 saturated carbocycles. The first kappa shape index (κ1) is 20.2. The molecule has 0 N–H and O–H groups in total. The average molecular weight is 308 g/mol. The second-order valence-corrected chi connectivity index (χ2v) is 6.43. The molecule has 2 unspecified atom stereocenters. The Balaban J connectivity index is 4.66. The molecule has 0 aliphatic heterocycles. The topological polar surface area (TPSA) is 52.6 Å². The lowest BCUT2D eigenvalue weighted by Crippen LogP contribution is -2.34. The van der Waals surface area contributed by atoms with Crippen LogP contribution in [0.4, 0.5) is 0 Å². The van der Waals surface area contributed by atoms with Crippen LogP contribution in [0, 0.1) is 11.8 Å². The summed E-state index contributed by atoms with van der Waals surface area (Å²) >= 11 is 0. The van der Waals surface area contributed by atoms with Gasteiger partial charge in [0, 0.05) is 24.0 Å². The fourth-order valence-corrected chi connectivity index (χ4v) is 1.48. The molecule has 22 heavy (non-hydrogen) atoms. The summed E-state index contributed by atoms with van der Waals surface area (Å²) in [6, 6.07) is 0. The molecule has 4 nitrogen and oxygen atoms in total. The van der Waals surface area contributed by atoms with Crippen molar-refractivity contribution in [1.82, 2.24) is 0 Å². The zero-order chi connectivity index (χ0) is 17.6. The number of carbonyl (C=O) groups excluding carboxylic acids is 2. The van der Waals surface area contributed by atoms with Crippen LogP contribution < -0.4 is 0 Å². The van der Waals surface area contributed by atoms with Crippen LogP contribution >= 0.6 is 0 Å². The normalized spacial score (nSPS) is 15.0. The van der Waals surface area contributed by atoms with Gasteiger partial charge in [-0.15, -0.1) is 13.2 Å². The van der Waals surface area contributed by atoms with E-state index in [1.165, 1.54) is 0 Å². The third-order valence-corrected chi connectivity index (χ3v) is 3.98. The fourth-order valence-electron chi connectivity index (χ4n) is 1.48. The number of rotatable bonds is 8. The van der Waals surface area contributed by atoms with Crippen LogP contribution in [0.15, 0.2) is 37.5 Å². The van der Waals surface area contributed by atoms with Gasteiger partial charge in [0.25, 0.3) is 0 Å². The zero-order valence-corrected chi connectivity index (χ0v) is 14.5. The Morgan fingerprint density at radius 1 is 0.818 bits per heavy atom. The van der Waals surface area contributed by atoms with Gasteiger partial charge < -0.3 is 9.47 Å². The second-order valence-electron chi connectivity index (χ2n) is 6.43. The first-order valence-electron chi connectivity index (χ1n) is 7.35. The average Bonchev–Trinajstić information content (AvgIpc) is 2.42. The maximum Gasteiger partial charge on any atom is 0.331 e. The van der Waals surface area contributed by atoms with Crippen molar-refractivity contribution < 1.29 is 19.1 Å². The molecule has 0 bridgehead atoms. The quantitative estimate of drug-likeness (QED) is 0.388. The smallest absolute Gasteiger partial charge is 0.331 e. The lowest BCUT2D eigenvalue weighted by Gasteiger charge is -2.29. The molecule has 0 rings (SSSR count). The minimum Gasteiger partial charge on any atom is -0.456 e. The molecule has 124 valence electrons. The molecule has 0 spiro atoms. The molecule has 0 radical (unpaired) electrons. The summed E-state index contributed by atoms with van der Waals surface area (Å²) in [5, 5.41) is 0. The van der Waals surface area contributed by atoms with Crippen molar-refractivity contribution >= 4 is 11.9 Å². The molecule has 0 aromatic rings. The highest BCUT2D eigenvalue weighted by Crippen LogP contribution is 2.23. The van der Waals surface area contributed by atoms with Gasteiger partial charge >= 0.3 is 11.9 Å². The van der Waals surface area contributed by atoms with E-state index in [1.54, 1.807) is 39.8 Å². The molecule has 0 saturated heterocycles. The van der Waals surface area contributed by atoms with E-state index in [-0.39, 0.29) is 11.8 Å². The van der Waals surface area contributed by atoms with Crippen molar-refractivity contribution in [2.45, 2.75) is 52.7 Å². The summed E-state index contributed by atoms with van der Waals surface area (Å²) in [4.78, 5) is 23.5. The van der Waals surface area contributed by atoms with Crippen LogP contribution in [-0.2, 0) is 19.1 Å².